The van der Waals surface area contributed by atoms with E-state index in [1.807, 2.05) is 34.0 Å². The molecule has 2 nitrogen and oxygen atoms in total. The Kier molecular flexibility index (Phi) is 4.71. The molecule has 0 saturated heterocycles. The van der Waals surface area contributed by atoms with Gasteiger partial charge in [-0.1, -0.05) is 6.07 Å². The van der Waals surface area contributed by atoms with E-state index in [4.69, 9.17) is 0 Å². The minimum absolute atomic E-state index is 0. The molecule has 0 fully saturated rings. The highest BCUT2D eigenvalue weighted by Crippen LogP contribution is 2.16. The van der Waals surface area contributed by atoms with E-state index < -0.39 is 0 Å². The molecule has 0 unspecified atom stereocenters. The molecule has 0 spiro atoms. The molecule has 2 heterocycles. The van der Waals surface area contributed by atoms with Crippen LogP contribution in [-0.2, 0) is 0 Å². The van der Waals surface area contributed by atoms with Crippen LogP contribution in [-0.4, -0.2) is 23.1 Å². The zero-order valence-electron chi connectivity index (χ0n) is 7.38. The number of hydrogen-bond donors (Lipinski definition) is 0. The predicted octanol–water partition coefficient (Wildman–Crippen LogP) is 2.99. The van der Waals surface area contributed by atoms with Crippen LogP contribution >= 0.6 is 40.1 Å². The van der Waals surface area contributed by atoms with Gasteiger partial charge in [-0.3, -0.25) is 4.79 Å². The molecule has 76 valence electrons. The summed E-state index contributed by atoms with van der Waals surface area (Å²) in [7, 11) is 0. The third-order valence-corrected chi connectivity index (χ3v) is 3.46. The number of rotatable bonds is 3. The van der Waals surface area contributed by atoms with Gasteiger partial charge in [0, 0.05) is 6.20 Å². The Morgan fingerprint density at radius 2 is 2.43 bits per heavy atom. The molecule has 0 amide bonds. The fourth-order valence-electron chi connectivity index (χ4n) is 1.11. The van der Waals surface area contributed by atoms with E-state index >= 15 is 0 Å². The number of ketones is 1. The highest BCUT2D eigenvalue weighted by Gasteiger charge is 2.12. The first-order valence-corrected chi connectivity index (χ1v) is 5.88. The lowest BCUT2D eigenvalue weighted by atomic mass is 10.3. The van der Waals surface area contributed by atoms with Crippen molar-refractivity contribution >= 4 is 45.9 Å². The molecule has 0 aromatic carbocycles. The van der Waals surface area contributed by atoms with Crippen LogP contribution in [0, 0.1) is 0 Å². The topological polar surface area (TPSA) is 20.3 Å². The number of hydrogen-bond acceptors (Lipinski definition) is 4. The number of thioether (sulfide) groups is 1. The minimum Gasteiger partial charge on any atom is -0.360 e. The second-order valence-electron chi connectivity index (χ2n) is 2.73. The average Bonchev–Trinajstić information content (AvgIpc) is 2.74. The van der Waals surface area contributed by atoms with Gasteiger partial charge in [0.25, 0.3) is 0 Å². The number of carbonyl (C=O) groups is 1. The second-order valence-corrected chi connectivity index (χ2v) is 4.54. The van der Waals surface area contributed by atoms with E-state index in [2.05, 4.69) is 0 Å². The number of carbonyl (C=O) groups excluding carboxylic acids is 1. The van der Waals surface area contributed by atoms with Crippen molar-refractivity contribution in [2.75, 3.05) is 12.4 Å². The van der Waals surface area contributed by atoms with Crippen molar-refractivity contribution in [3.8, 4) is 0 Å². The van der Waals surface area contributed by atoms with Gasteiger partial charge in [0.1, 0.15) is 0 Å². The maximum Gasteiger partial charge on any atom is 0.191 e. The lowest BCUT2D eigenvalue weighted by molar-refractivity contribution is 0.0967. The van der Waals surface area contributed by atoms with Crippen LogP contribution in [0.3, 0.4) is 0 Å². The van der Waals surface area contributed by atoms with Gasteiger partial charge in [-0.15, -0.1) is 40.1 Å². The highest BCUT2D eigenvalue weighted by molar-refractivity contribution is 8.93. The predicted molar refractivity (Wildman–Crippen MR) is 67.3 cm³/mol. The standard InChI is InChI=1S/C9H9NOS2.BrH/c11-8(9-2-1-4-13-9)6-10-3-5-12-7-10;/h1-5H,6-7H2;1H. The number of Topliss-reactive ketones (excluding diaryl/α,β-unsaturated/α-hetero) is 1. The summed E-state index contributed by atoms with van der Waals surface area (Å²) in [5.41, 5.74) is 0. The Morgan fingerprint density at radius 3 is 3.00 bits per heavy atom. The van der Waals surface area contributed by atoms with Crippen molar-refractivity contribution < 1.29 is 4.79 Å². The van der Waals surface area contributed by atoms with Gasteiger partial charge < -0.3 is 4.90 Å². The molecule has 14 heavy (non-hydrogen) atoms. The monoisotopic (exact) mass is 291 g/mol. The number of halogens is 1. The zero-order valence-corrected chi connectivity index (χ0v) is 10.7. The highest BCUT2D eigenvalue weighted by atomic mass is 79.9. The molecule has 1 aliphatic rings. The molecule has 1 aromatic heterocycles. The molecule has 5 heteroatoms. The molecular weight excluding hydrogens is 282 g/mol. The molecule has 0 radical (unpaired) electrons. The zero-order chi connectivity index (χ0) is 9.10. The summed E-state index contributed by atoms with van der Waals surface area (Å²) in [5, 5.41) is 3.95. The van der Waals surface area contributed by atoms with Crippen LogP contribution in [0.5, 0.6) is 0 Å². The third kappa shape index (κ3) is 2.87. The Hall–Kier alpha value is -0.260. The van der Waals surface area contributed by atoms with Gasteiger partial charge >= 0.3 is 0 Å². The van der Waals surface area contributed by atoms with E-state index in [-0.39, 0.29) is 22.8 Å². The molecule has 1 aliphatic heterocycles. The van der Waals surface area contributed by atoms with Crippen molar-refractivity contribution in [1.82, 2.24) is 4.90 Å². The Balaban J connectivity index is 0.000000980. The third-order valence-electron chi connectivity index (χ3n) is 1.75. The van der Waals surface area contributed by atoms with Crippen molar-refractivity contribution in [3.63, 3.8) is 0 Å². The quantitative estimate of drug-likeness (QED) is 0.799. The van der Waals surface area contributed by atoms with Gasteiger partial charge in [0.05, 0.1) is 17.3 Å². The second kappa shape index (κ2) is 5.58. The molecule has 0 atom stereocenters. The normalized spacial score (nSPS) is 14.1. The van der Waals surface area contributed by atoms with Gasteiger partial charge in [-0.25, -0.2) is 0 Å². The van der Waals surface area contributed by atoms with Crippen LogP contribution in [0.25, 0.3) is 0 Å². The first-order chi connectivity index (χ1) is 6.36. The average molecular weight is 292 g/mol. The molecule has 1 aromatic rings. The first-order valence-electron chi connectivity index (χ1n) is 3.95. The summed E-state index contributed by atoms with van der Waals surface area (Å²) in [6, 6.07) is 3.78. The van der Waals surface area contributed by atoms with E-state index in [0.717, 1.165) is 10.8 Å². The summed E-state index contributed by atoms with van der Waals surface area (Å²) < 4.78 is 0. The smallest absolute Gasteiger partial charge is 0.191 e. The van der Waals surface area contributed by atoms with E-state index in [1.165, 1.54) is 11.3 Å². The molecule has 2 rings (SSSR count). The Morgan fingerprint density at radius 1 is 1.57 bits per heavy atom. The molecule has 0 bridgehead atoms. The van der Waals surface area contributed by atoms with Crippen LogP contribution in [0.1, 0.15) is 9.67 Å². The largest absolute Gasteiger partial charge is 0.360 e. The SMILES string of the molecule is Br.O=C(CN1C=CSC1)c1cccs1. The van der Waals surface area contributed by atoms with Crippen molar-refractivity contribution in [3.05, 3.63) is 34.0 Å². The van der Waals surface area contributed by atoms with Gasteiger partial charge in [0.15, 0.2) is 5.78 Å². The van der Waals surface area contributed by atoms with Gasteiger partial charge in [0.2, 0.25) is 0 Å². The summed E-state index contributed by atoms with van der Waals surface area (Å²) in [6.45, 7) is 0.504. The summed E-state index contributed by atoms with van der Waals surface area (Å²) in [4.78, 5) is 14.5. The number of thiophene rings is 1. The summed E-state index contributed by atoms with van der Waals surface area (Å²) in [5.74, 6) is 1.11. The van der Waals surface area contributed by atoms with Crippen LogP contribution in [0.15, 0.2) is 29.1 Å². The number of nitrogens with zero attached hydrogens (tertiary/aromatic N) is 1. The van der Waals surface area contributed by atoms with Crippen LogP contribution in [0.2, 0.25) is 0 Å². The van der Waals surface area contributed by atoms with Crippen molar-refractivity contribution in [2.45, 2.75) is 0 Å². The van der Waals surface area contributed by atoms with E-state index in [9.17, 15) is 4.79 Å². The Labute approximate surface area is 102 Å². The van der Waals surface area contributed by atoms with Gasteiger partial charge in [-0.05, 0) is 16.9 Å². The fourth-order valence-corrected chi connectivity index (χ4v) is 2.48. The lowest BCUT2D eigenvalue weighted by Crippen LogP contribution is -2.21. The molecular formula is C9H10BrNOS2. The van der Waals surface area contributed by atoms with E-state index in [0.29, 0.717) is 6.54 Å². The minimum atomic E-state index is 0. The Bertz CT molecular complexity index is 324. The summed E-state index contributed by atoms with van der Waals surface area (Å²) >= 11 is 3.23. The molecule has 0 saturated carbocycles. The van der Waals surface area contributed by atoms with Crippen LogP contribution in [0.4, 0.5) is 0 Å². The lowest BCUT2D eigenvalue weighted by Gasteiger charge is -2.11. The van der Waals surface area contributed by atoms with Gasteiger partial charge in [-0.2, -0.15) is 0 Å². The van der Waals surface area contributed by atoms with E-state index in [1.54, 1.807) is 11.8 Å². The van der Waals surface area contributed by atoms with Crippen LogP contribution < -0.4 is 0 Å². The fraction of sp³-hybridized carbons (Fsp3) is 0.222. The first kappa shape index (κ1) is 11.8. The summed E-state index contributed by atoms with van der Waals surface area (Å²) in [6.07, 6.45) is 1.97. The molecule has 0 N–H and O–H groups in total. The maximum absolute atomic E-state index is 11.6. The van der Waals surface area contributed by atoms with Crippen molar-refractivity contribution in [1.29, 1.82) is 0 Å². The maximum atomic E-state index is 11.6. The molecule has 0 aliphatic carbocycles. The van der Waals surface area contributed by atoms with Crippen molar-refractivity contribution in [2.24, 2.45) is 0 Å².